The first-order valence-electron chi connectivity index (χ1n) is 5.97. The number of carbonyl (C=O) groups is 1. The highest BCUT2D eigenvalue weighted by Gasteiger charge is 2.07. The first-order chi connectivity index (χ1) is 9.10. The van der Waals surface area contributed by atoms with Gasteiger partial charge in [0.15, 0.2) is 0 Å². The summed E-state index contributed by atoms with van der Waals surface area (Å²) in [5, 5.41) is 11.7. The Labute approximate surface area is 111 Å². The number of nitrogen functional groups attached to an aromatic ring is 1. The first-order valence-corrected chi connectivity index (χ1v) is 5.97. The highest BCUT2D eigenvalue weighted by Crippen LogP contribution is 2.15. The van der Waals surface area contributed by atoms with Crippen molar-refractivity contribution in [3.05, 3.63) is 59.2 Å². The zero-order chi connectivity index (χ0) is 13.8. The average Bonchev–Trinajstić information content (AvgIpc) is 2.42. The number of hydrogen-bond acceptors (Lipinski definition) is 3. The summed E-state index contributed by atoms with van der Waals surface area (Å²) in [6.45, 7) is 1.88. The standard InChI is InChI=1S/C15H16N2O2/c1-10-2-5-12(8-14(10)16)15(19)17-13-6-3-11(9-18)4-7-13/h2-8,18H,9,16H2,1H3,(H,17,19). The van der Waals surface area contributed by atoms with Crippen LogP contribution in [0.4, 0.5) is 11.4 Å². The van der Waals surface area contributed by atoms with Gasteiger partial charge in [-0.3, -0.25) is 4.79 Å². The minimum Gasteiger partial charge on any atom is -0.398 e. The Morgan fingerprint density at radius 3 is 2.47 bits per heavy atom. The van der Waals surface area contributed by atoms with Gasteiger partial charge in [-0.25, -0.2) is 0 Å². The maximum atomic E-state index is 12.0. The van der Waals surface area contributed by atoms with Crippen LogP contribution >= 0.6 is 0 Å². The Balaban J connectivity index is 2.13. The molecule has 0 fully saturated rings. The zero-order valence-corrected chi connectivity index (χ0v) is 10.7. The fourth-order valence-corrected chi connectivity index (χ4v) is 1.68. The molecule has 1 amide bonds. The average molecular weight is 256 g/mol. The van der Waals surface area contributed by atoms with Gasteiger partial charge in [-0.2, -0.15) is 0 Å². The molecule has 0 spiro atoms. The van der Waals surface area contributed by atoms with Crippen molar-refractivity contribution in [1.82, 2.24) is 0 Å². The second kappa shape index (κ2) is 5.54. The van der Waals surface area contributed by atoms with Crippen LogP contribution in [0.5, 0.6) is 0 Å². The third-order valence-corrected chi connectivity index (χ3v) is 2.94. The minimum atomic E-state index is -0.205. The number of benzene rings is 2. The van der Waals surface area contributed by atoms with Gasteiger partial charge in [0, 0.05) is 16.9 Å². The number of nitrogens with one attached hydrogen (secondary N) is 1. The van der Waals surface area contributed by atoms with Crippen molar-refractivity contribution in [2.45, 2.75) is 13.5 Å². The van der Waals surface area contributed by atoms with E-state index in [9.17, 15) is 4.79 Å². The molecule has 2 aromatic rings. The third-order valence-electron chi connectivity index (χ3n) is 2.94. The van der Waals surface area contributed by atoms with E-state index in [4.69, 9.17) is 10.8 Å². The lowest BCUT2D eigenvalue weighted by Crippen LogP contribution is -2.12. The van der Waals surface area contributed by atoms with Gasteiger partial charge in [0.05, 0.1) is 6.61 Å². The van der Waals surface area contributed by atoms with E-state index in [2.05, 4.69) is 5.32 Å². The second-order valence-corrected chi connectivity index (χ2v) is 4.38. The Morgan fingerprint density at radius 1 is 1.21 bits per heavy atom. The number of aliphatic hydroxyl groups is 1. The van der Waals surface area contributed by atoms with Crippen LogP contribution in [0, 0.1) is 6.92 Å². The molecule has 0 saturated carbocycles. The largest absolute Gasteiger partial charge is 0.398 e. The number of rotatable bonds is 3. The van der Waals surface area contributed by atoms with E-state index in [0.29, 0.717) is 16.9 Å². The van der Waals surface area contributed by atoms with Crippen LogP contribution in [0.25, 0.3) is 0 Å². The molecule has 0 bridgehead atoms. The predicted octanol–water partition coefficient (Wildman–Crippen LogP) is 2.32. The fraction of sp³-hybridized carbons (Fsp3) is 0.133. The summed E-state index contributed by atoms with van der Waals surface area (Å²) in [6.07, 6.45) is 0. The molecule has 98 valence electrons. The molecule has 4 heteroatoms. The lowest BCUT2D eigenvalue weighted by molar-refractivity contribution is 0.102. The predicted molar refractivity (Wildman–Crippen MR) is 75.9 cm³/mol. The summed E-state index contributed by atoms with van der Waals surface area (Å²) in [5.41, 5.74) is 9.34. The van der Waals surface area contributed by atoms with Crippen molar-refractivity contribution in [2.24, 2.45) is 0 Å². The van der Waals surface area contributed by atoms with Crippen molar-refractivity contribution < 1.29 is 9.90 Å². The quantitative estimate of drug-likeness (QED) is 0.738. The smallest absolute Gasteiger partial charge is 0.255 e. The van der Waals surface area contributed by atoms with E-state index in [1.54, 1.807) is 36.4 Å². The van der Waals surface area contributed by atoms with E-state index in [1.807, 2.05) is 13.0 Å². The second-order valence-electron chi connectivity index (χ2n) is 4.38. The molecule has 0 aliphatic rings. The summed E-state index contributed by atoms with van der Waals surface area (Å²) in [6, 6.07) is 12.2. The van der Waals surface area contributed by atoms with E-state index < -0.39 is 0 Å². The van der Waals surface area contributed by atoms with E-state index >= 15 is 0 Å². The van der Waals surface area contributed by atoms with Gasteiger partial charge < -0.3 is 16.2 Å². The van der Waals surface area contributed by atoms with Crippen molar-refractivity contribution in [3.8, 4) is 0 Å². The maximum absolute atomic E-state index is 12.0. The monoisotopic (exact) mass is 256 g/mol. The summed E-state index contributed by atoms with van der Waals surface area (Å²) in [5.74, 6) is -0.205. The number of hydrogen-bond donors (Lipinski definition) is 3. The molecule has 2 rings (SSSR count). The van der Waals surface area contributed by atoms with E-state index in [-0.39, 0.29) is 12.5 Å². The zero-order valence-electron chi connectivity index (χ0n) is 10.7. The number of aliphatic hydroxyl groups excluding tert-OH is 1. The van der Waals surface area contributed by atoms with Gasteiger partial charge in [0.25, 0.3) is 5.91 Å². The van der Waals surface area contributed by atoms with Crippen LogP contribution in [0.1, 0.15) is 21.5 Å². The van der Waals surface area contributed by atoms with E-state index in [0.717, 1.165) is 11.1 Å². The van der Waals surface area contributed by atoms with Gasteiger partial charge in [-0.05, 0) is 42.3 Å². The Bertz CT molecular complexity index is 592. The first kappa shape index (κ1) is 13.1. The molecule has 0 saturated heterocycles. The van der Waals surface area contributed by atoms with Gasteiger partial charge in [0.2, 0.25) is 0 Å². The van der Waals surface area contributed by atoms with Crippen molar-refractivity contribution >= 4 is 17.3 Å². The molecule has 19 heavy (non-hydrogen) atoms. The topological polar surface area (TPSA) is 75.3 Å². The molecule has 0 aliphatic heterocycles. The van der Waals surface area contributed by atoms with E-state index in [1.165, 1.54) is 0 Å². The number of nitrogens with two attached hydrogens (primary N) is 1. The van der Waals surface area contributed by atoms with Gasteiger partial charge in [-0.1, -0.05) is 18.2 Å². The molecule has 0 atom stereocenters. The van der Waals surface area contributed by atoms with Crippen LogP contribution in [-0.2, 0) is 6.61 Å². The Kier molecular flexibility index (Phi) is 3.82. The molecule has 0 radical (unpaired) electrons. The van der Waals surface area contributed by atoms with Crippen molar-refractivity contribution in [2.75, 3.05) is 11.1 Å². The highest BCUT2D eigenvalue weighted by molar-refractivity contribution is 6.04. The summed E-state index contributed by atoms with van der Waals surface area (Å²) >= 11 is 0. The van der Waals surface area contributed by atoms with Gasteiger partial charge in [0.1, 0.15) is 0 Å². The number of amides is 1. The lowest BCUT2D eigenvalue weighted by Gasteiger charge is -2.07. The molecule has 4 N–H and O–H groups in total. The lowest BCUT2D eigenvalue weighted by atomic mass is 10.1. The summed E-state index contributed by atoms with van der Waals surface area (Å²) in [4.78, 5) is 12.0. The van der Waals surface area contributed by atoms with Crippen LogP contribution in [-0.4, -0.2) is 11.0 Å². The van der Waals surface area contributed by atoms with Crippen LogP contribution in [0.15, 0.2) is 42.5 Å². The van der Waals surface area contributed by atoms with Crippen LogP contribution in [0.2, 0.25) is 0 Å². The summed E-state index contributed by atoms with van der Waals surface area (Å²) < 4.78 is 0. The Morgan fingerprint density at radius 2 is 1.89 bits per heavy atom. The Hall–Kier alpha value is -2.33. The van der Waals surface area contributed by atoms with Crippen LogP contribution in [0.3, 0.4) is 0 Å². The van der Waals surface area contributed by atoms with Crippen LogP contribution < -0.4 is 11.1 Å². The molecule has 2 aromatic carbocycles. The molecular weight excluding hydrogens is 240 g/mol. The van der Waals surface area contributed by atoms with Crippen molar-refractivity contribution in [1.29, 1.82) is 0 Å². The van der Waals surface area contributed by atoms with Crippen molar-refractivity contribution in [3.63, 3.8) is 0 Å². The molecule has 0 aromatic heterocycles. The molecule has 0 aliphatic carbocycles. The SMILES string of the molecule is Cc1ccc(C(=O)Nc2ccc(CO)cc2)cc1N. The fourth-order valence-electron chi connectivity index (χ4n) is 1.68. The molecule has 0 unspecified atom stereocenters. The molecular formula is C15H16N2O2. The number of aryl methyl sites for hydroxylation is 1. The molecule has 0 heterocycles. The van der Waals surface area contributed by atoms with Gasteiger partial charge >= 0.3 is 0 Å². The summed E-state index contributed by atoms with van der Waals surface area (Å²) in [7, 11) is 0. The third kappa shape index (κ3) is 3.11. The number of carbonyl (C=O) groups excluding carboxylic acids is 1. The van der Waals surface area contributed by atoms with Gasteiger partial charge in [-0.15, -0.1) is 0 Å². The minimum absolute atomic E-state index is 0.0112. The number of anilines is 2. The maximum Gasteiger partial charge on any atom is 0.255 e. The molecule has 4 nitrogen and oxygen atoms in total. The highest BCUT2D eigenvalue weighted by atomic mass is 16.3. The normalized spacial score (nSPS) is 10.2.